The molecule has 1 rings (SSSR count). The first-order chi connectivity index (χ1) is 7.70. The summed E-state index contributed by atoms with van der Waals surface area (Å²) in [6, 6.07) is 10.8. The molecule has 0 saturated heterocycles. The van der Waals surface area contributed by atoms with Gasteiger partial charge in [0.2, 0.25) is 0 Å². The van der Waals surface area contributed by atoms with E-state index in [0.717, 1.165) is 0 Å². The van der Waals surface area contributed by atoms with Gasteiger partial charge in [-0.25, -0.2) is 0 Å². The van der Waals surface area contributed by atoms with Crippen LogP contribution in [0.1, 0.15) is 32.3 Å². The lowest BCUT2D eigenvalue weighted by Gasteiger charge is -2.32. The number of benzene rings is 1. The minimum atomic E-state index is 0. The molecule has 0 fully saturated rings. The second-order valence-corrected chi connectivity index (χ2v) is 4.92. The zero-order valence-corrected chi connectivity index (χ0v) is 13.0. The van der Waals surface area contributed by atoms with E-state index in [9.17, 15) is 0 Å². The maximum atomic E-state index is 2.36. The average molecular weight is 300 g/mol. The van der Waals surface area contributed by atoms with E-state index in [-0.39, 0.29) is 17.0 Å². The van der Waals surface area contributed by atoms with Gasteiger partial charge in [0, 0.05) is 0 Å². The standard InChI is InChI=1S/C15H26N.BrH/c1-4-16(3,5-2)14-10-9-13-15-11-7-6-8-12-15;/h6-8,11-12H,4-5,9-10,13-14H2,1-3H3;1H/q+1;/p-1. The molecule has 0 aliphatic rings. The van der Waals surface area contributed by atoms with Crippen LogP contribution in [0.5, 0.6) is 0 Å². The molecule has 98 valence electrons. The molecule has 0 saturated carbocycles. The van der Waals surface area contributed by atoms with E-state index in [1.165, 1.54) is 48.9 Å². The number of nitrogens with zero attached hydrogens (tertiary/aromatic N) is 1. The Labute approximate surface area is 117 Å². The Kier molecular flexibility index (Phi) is 8.53. The summed E-state index contributed by atoms with van der Waals surface area (Å²) >= 11 is 0. The molecule has 0 spiro atoms. The second kappa shape index (κ2) is 8.71. The first-order valence-corrected chi connectivity index (χ1v) is 6.57. The van der Waals surface area contributed by atoms with Gasteiger partial charge in [0.25, 0.3) is 0 Å². The average Bonchev–Trinajstić information content (AvgIpc) is 2.36. The van der Waals surface area contributed by atoms with Crippen molar-refractivity contribution in [1.82, 2.24) is 0 Å². The lowest BCUT2D eigenvalue weighted by Crippen LogP contribution is -3.00. The molecule has 17 heavy (non-hydrogen) atoms. The monoisotopic (exact) mass is 299 g/mol. The van der Waals surface area contributed by atoms with Crippen LogP contribution in [-0.4, -0.2) is 31.2 Å². The molecule has 0 amide bonds. The minimum Gasteiger partial charge on any atom is -1.00 e. The van der Waals surface area contributed by atoms with Gasteiger partial charge in [-0.2, -0.15) is 0 Å². The third-order valence-corrected chi connectivity index (χ3v) is 3.78. The van der Waals surface area contributed by atoms with E-state index in [0.29, 0.717) is 0 Å². The summed E-state index contributed by atoms with van der Waals surface area (Å²) in [6.45, 7) is 8.41. The van der Waals surface area contributed by atoms with Crippen LogP contribution < -0.4 is 17.0 Å². The third-order valence-electron chi connectivity index (χ3n) is 3.78. The van der Waals surface area contributed by atoms with Gasteiger partial charge >= 0.3 is 0 Å². The molecule has 0 aromatic heterocycles. The Morgan fingerprint density at radius 2 is 1.53 bits per heavy atom. The predicted octanol–water partition coefficient (Wildman–Crippen LogP) is 0.500. The van der Waals surface area contributed by atoms with Gasteiger partial charge in [-0.3, -0.25) is 0 Å². The van der Waals surface area contributed by atoms with E-state index < -0.39 is 0 Å². The molecule has 0 bridgehead atoms. The third kappa shape index (κ3) is 6.23. The van der Waals surface area contributed by atoms with Gasteiger partial charge in [-0.05, 0) is 38.7 Å². The van der Waals surface area contributed by atoms with Crippen molar-refractivity contribution in [2.24, 2.45) is 0 Å². The van der Waals surface area contributed by atoms with Crippen LogP contribution in [0.2, 0.25) is 0 Å². The fraction of sp³-hybridized carbons (Fsp3) is 0.600. The van der Waals surface area contributed by atoms with Crippen molar-refractivity contribution < 1.29 is 21.5 Å². The normalized spacial score (nSPS) is 11.0. The summed E-state index contributed by atoms with van der Waals surface area (Å²) in [4.78, 5) is 0. The van der Waals surface area contributed by atoms with Crippen molar-refractivity contribution in [2.45, 2.75) is 33.1 Å². The first kappa shape index (κ1) is 16.7. The number of aryl methyl sites for hydroxylation is 1. The Balaban J connectivity index is 0.00000256. The van der Waals surface area contributed by atoms with Gasteiger partial charge in [-0.15, -0.1) is 0 Å². The second-order valence-electron chi connectivity index (χ2n) is 4.92. The van der Waals surface area contributed by atoms with Crippen LogP contribution in [0.3, 0.4) is 0 Å². The minimum absolute atomic E-state index is 0. The first-order valence-electron chi connectivity index (χ1n) is 6.57. The highest BCUT2D eigenvalue weighted by atomic mass is 79.9. The highest BCUT2D eigenvalue weighted by Crippen LogP contribution is 2.08. The molecular formula is C15H26BrN. The number of quaternary nitrogens is 1. The fourth-order valence-corrected chi connectivity index (χ4v) is 2.01. The number of hydrogen-bond acceptors (Lipinski definition) is 0. The van der Waals surface area contributed by atoms with Crippen LogP contribution in [0.15, 0.2) is 30.3 Å². The molecule has 1 aromatic carbocycles. The zero-order chi connectivity index (χ0) is 11.9. The molecule has 1 aromatic rings. The summed E-state index contributed by atoms with van der Waals surface area (Å²) in [5, 5.41) is 0. The molecule has 2 heteroatoms. The largest absolute Gasteiger partial charge is 1.00 e. The van der Waals surface area contributed by atoms with E-state index >= 15 is 0 Å². The van der Waals surface area contributed by atoms with E-state index in [1.54, 1.807) is 0 Å². The van der Waals surface area contributed by atoms with Gasteiger partial charge in [0.1, 0.15) is 0 Å². The van der Waals surface area contributed by atoms with Gasteiger partial charge in [-0.1, -0.05) is 30.3 Å². The number of unbranched alkanes of at least 4 members (excludes halogenated alkanes) is 1. The van der Waals surface area contributed by atoms with E-state index in [2.05, 4.69) is 51.2 Å². The molecule has 0 aliphatic carbocycles. The smallest absolute Gasteiger partial charge is 0.0784 e. The quantitative estimate of drug-likeness (QED) is 0.508. The Morgan fingerprint density at radius 1 is 0.941 bits per heavy atom. The molecule has 0 heterocycles. The highest BCUT2D eigenvalue weighted by Gasteiger charge is 2.14. The predicted molar refractivity (Wildman–Crippen MR) is 71.5 cm³/mol. The van der Waals surface area contributed by atoms with Crippen molar-refractivity contribution in [1.29, 1.82) is 0 Å². The maximum Gasteiger partial charge on any atom is 0.0784 e. The van der Waals surface area contributed by atoms with Crippen LogP contribution in [0, 0.1) is 0 Å². The molecule has 0 atom stereocenters. The lowest BCUT2D eigenvalue weighted by atomic mass is 10.1. The van der Waals surface area contributed by atoms with Crippen LogP contribution in [0.4, 0.5) is 0 Å². The molecule has 0 aliphatic heterocycles. The Hall–Kier alpha value is -0.340. The van der Waals surface area contributed by atoms with Crippen LogP contribution in [-0.2, 0) is 6.42 Å². The van der Waals surface area contributed by atoms with Crippen molar-refractivity contribution in [3.8, 4) is 0 Å². The van der Waals surface area contributed by atoms with E-state index in [4.69, 9.17) is 0 Å². The summed E-state index contributed by atoms with van der Waals surface area (Å²) in [5.41, 5.74) is 1.48. The molecule has 0 unspecified atom stereocenters. The zero-order valence-electron chi connectivity index (χ0n) is 11.5. The maximum absolute atomic E-state index is 2.36. The number of halogens is 1. The van der Waals surface area contributed by atoms with E-state index in [1.807, 2.05) is 0 Å². The highest BCUT2D eigenvalue weighted by molar-refractivity contribution is 5.14. The Morgan fingerprint density at radius 3 is 2.06 bits per heavy atom. The molecular weight excluding hydrogens is 274 g/mol. The SMILES string of the molecule is CC[N+](C)(CC)CCCCc1ccccc1.[Br-]. The van der Waals surface area contributed by atoms with Crippen molar-refractivity contribution in [3.63, 3.8) is 0 Å². The Bertz CT molecular complexity index is 280. The summed E-state index contributed by atoms with van der Waals surface area (Å²) < 4.78 is 1.22. The lowest BCUT2D eigenvalue weighted by molar-refractivity contribution is -0.906. The van der Waals surface area contributed by atoms with Gasteiger partial charge < -0.3 is 21.5 Å². The fourth-order valence-electron chi connectivity index (χ4n) is 2.01. The topological polar surface area (TPSA) is 0 Å². The molecule has 0 radical (unpaired) electrons. The summed E-state index contributed by atoms with van der Waals surface area (Å²) in [6.07, 6.45) is 3.89. The van der Waals surface area contributed by atoms with Crippen molar-refractivity contribution in [2.75, 3.05) is 26.7 Å². The summed E-state index contributed by atoms with van der Waals surface area (Å²) in [7, 11) is 2.36. The van der Waals surface area contributed by atoms with Crippen molar-refractivity contribution in [3.05, 3.63) is 35.9 Å². The van der Waals surface area contributed by atoms with Crippen LogP contribution in [0.25, 0.3) is 0 Å². The molecule has 0 N–H and O–H groups in total. The summed E-state index contributed by atoms with van der Waals surface area (Å²) in [5.74, 6) is 0. The molecule has 1 nitrogen and oxygen atoms in total. The number of rotatable bonds is 7. The number of hydrogen-bond donors (Lipinski definition) is 0. The van der Waals surface area contributed by atoms with Crippen molar-refractivity contribution >= 4 is 0 Å². The van der Waals surface area contributed by atoms with Gasteiger partial charge in [0.15, 0.2) is 0 Å². The van der Waals surface area contributed by atoms with Gasteiger partial charge in [0.05, 0.1) is 26.7 Å². The van der Waals surface area contributed by atoms with Crippen LogP contribution >= 0.6 is 0 Å².